The van der Waals surface area contributed by atoms with E-state index in [-0.39, 0.29) is 15.6 Å². The van der Waals surface area contributed by atoms with Gasteiger partial charge in [-0.2, -0.15) is 0 Å². The molecule has 0 atom stereocenters. The summed E-state index contributed by atoms with van der Waals surface area (Å²) in [5.41, 5.74) is -0.578. The lowest BCUT2D eigenvalue weighted by atomic mass is 10.2. The van der Waals surface area contributed by atoms with E-state index < -0.39 is 20.7 Å². The summed E-state index contributed by atoms with van der Waals surface area (Å²) >= 11 is 4.07. The third kappa shape index (κ3) is 2.92. The van der Waals surface area contributed by atoms with Gasteiger partial charge in [-0.05, 0) is 33.4 Å². The van der Waals surface area contributed by atoms with Crippen LogP contribution >= 0.6 is 27.3 Å². The molecule has 0 aliphatic heterocycles. The summed E-state index contributed by atoms with van der Waals surface area (Å²) in [6.07, 6.45) is 0. The number of rotatable bonds is 4. The van der Waals surface area contributed by atoms with Gasteiger partial charge in [0.15, 0.2) is 4.21 Å². The molecule has 0 bridgehead atoms. The van der Waals surface area contributed by atoms with E-state index in [9.17, 15) is 23.6 Å². The molecule has 0 aliphatic rings. The number of nitro benzene ring substituents is 1. The summed E-state index contributed by atoms with van der Waals surface area (Å²) in [6, 6.07) is 4.65. The number of benzene rings is 1. The van der Waals surface area contributed by atoms with Crippen LogP contribution in [0.4, 0.5) is 11.4 Å². The van der Waals surface area contributed by atoms with Crippen molar-refractivity contribution in [1.82, 2.24) is 0 Å². The summed E-state index contributed by atoms with van der Waals surface area (Å²) in [6.45, 7) is 0. The highest BCUT2D eigenvalue weighted by molar-refractivity contribution is 9.10. The van der Waals surface area contributed by atoms with E-state index in [1.165, 1.54) is 0 Å². The molecule has 0 aliphatic carbocycles. The Hall–Kier alpha value is -1.65. The molecule has 0 saturated carbocycles. The highest BCUT2D eigenvalue weighted by Gasteiger charge is 2.22. The van der Waals surface area contributed by atoms with Gasteiger partial charge in [0.05, 0.1) is 10.6 Å². The Kier molecular flexibility index (Phi) is 3.97. The number of sulfonamides is 1. The van der Waals surface area contributed by atoms with Gasteiger partial charge in [-0.1, -0.05) is 0 Å². The van der Waals surface area contributed by atoms with Crippen LogP contribution in [0.5, 0.6) is 5.75 Å². The number of nitrogens with one attached hydrogen (secondary N) is 1. The molecule has 1 heterocycles. The van der Waals surface area contributed by atoms with Gasteiger partial charge in [0.25, 0.3) is 15.7 Å². The third-order valence-electron chi connectivity index (χ3n) is 2.26. The van der Waals surface area contributed by atoms with E-state index in [2.05, 4.69) is 20.7 Å². The molecule has 2 N–H and O–H groups in total. The second-order valence-corrected chi connectivity index (χ2v) is 7.27. The Morgan fingerprint density at radius 1 is 1.35 bits per heavy atom. The van der Waals surface area contributed by atoms with E-state index in [4.69, 9.17) is 0 Å². The maximum atomic E-state index is 12.1. The van der Waals surface area contributed by atoms with Gasteiger partial charge in [0, 0.05) is 16.6 Å². The lowest BCUT2D eigenvalue weighted by molar-refractivity contribution is -0.384. The largest absolute Gasteiger partial charge is 0.506 e. The average Bonchev–Trinajstić information content (AvgIpc) is 2.78. The first kappa shape index (κ1) is 14.8. The summed E-state index contributed by atoms with van der Waals surface area (Å²) in [5.74, 6) is -0.396. The number of non-ortho nitro benzene ring substituents is 1. The van der Waals surface area contributed by atoms with Crippen molar-refractivity contribution < 1.29 is 18.4 Å². The van der Waals surface area contributed by atoms with Gasteiger partial charge in [-0.25, -0.2) is 8.42 Å². The zero-order chi connectivity index (χ0) is 14.9. The van der Waals surface area contributed by atoms with E-state index >= 15 is 0 Å². The van der Waals surface area contributed by atoms with Gasteiger partial charge in [-0.3, -0.25) is 14.8 Å². The normalized spacial score (nSPS) is 11.2. The van der Waals surface area contributed by atoms with Crippen LogP contribution in [0.15, 0.2) is 38.3 Å². The summed E-state index contributed by atoms with van der Waals surface area (Å²) in [5, 5.41) is 21.8. The number of hydrogen-bond donors (Lipinski definition) is 2. The molecule has 10 heteroatoms. The number of phenolic OH excluding ortho intramolecular Hbond substituents is 1. The molecule has 1 aromatic carbocycles. The molecule has 0 radical (unpaired) electrons. The van der Waals surface area contributed by atoms with E-state index in [1.54, 1.807) is 11.4 Å². The molecule has 0 amide bonds. The summed E-state index contributed by atoms with van der Waals surface area (Å²) in [4.78, 5) is 9.97. The Labute approximate surface area is 126 Å². The fraction of sp³-hybridized carbons (Fsp3) is 0. The molecule has 0 spiro atoms. The Morgan fingerprint density at radius 2 is 2.05 bits per heavy atom. The van der Waals surface area contributed by atoms with E-state index in [0.717, 1.165) is 29.5 Å². The molecule has 106 valence electrons. The van der Waals surface area contributed by atoms with Crippen molar-refractivity contribution in [2.45, 2.75) is 4.21 Å². The lowest BCUT2D eigenvalue weighted by Gasteiger charge is -2.08. The van der Waals surface area contributed by atoms with Crippen molar-refractivity contribution in [1.29, 1.82) is 0 Å². The predicted molar refractivity (Wildman–Crippen MR) is 77.6 cm³/mol. The number of phenols is 1. The average molecular weight is 379 g/mol. The molecule has 0 saturated heterocycles. The Morgan fingerprint density at radius 3 is 2.60 bits per heavy atom. The molecule has 20 heavy (non-hydrogen) atoms. The predicted octanol–water partition coefficient (Wildman–Crippen LogP) is 2.93. The molecule has 0 unspecified atom stereocenters. The number of thiophene rings is 1. The monoisotopic (exact) mass is 378 g/mol. The van der Waals surface area contributed by atoms with Crippen LogP contribution in [0.1, 0.15) is 0 Å². The zero-order valence-electron chi connectivity index (χ0n) is 9.61. The minimum atomic E-state index is -3.93. The molecular formula is C10H7BrN2O5S2. The van der Waals surface area contributed by atoms with Gasteiger partial charge >= 0.3 is 0 Å². The number of nitro groups is 1. The molecule has 7 nitrogen and oxygen atoms in total. The molecular weight excluding hydrogens is 372 g/mol. The summed E-state index contributed by atoms with van der Waals surface area (Å²) in [7, 11) is -3.93. The fourth-order valence-corrected chi connectivity index (χ4v) is 4.79. The van der Waals surface area contributed by atoms with Gasteiger partial charge < -0.3 is 5.11 Å². The highest BCUT2D eigenvalue weighted by atomic mass is 79.9. The standard InChI is InChI=1S/C10H7BrN2O5S2/c11-7-3-4-19-10(7)20(17,18)12-8-5-6(13(15)16)1-2-9(8)14/h1-5,12,14H. The second kappa shape index (κ2) is 5.38. The van der Waals surface area contributed by atoms with Gasteiger partial charge in [0.1, 0.15) is 5.75 Å². The van der Waals surface area contributed by atoms with E-state index in [1.807, 2.05) is 0 Å². The number of aromatic hydroxyl groups is 1. The fourth-order valence-electron chi connectivity index (χ4n) is 1.38. The number of halogens is 1. The van der Waals surface area contributed by atoms with Crippen molar-refractivity contribution in [3.05, 3.63) is 44.2 Å². The van der Waals surface area contributed by atoms with Crippen molar-refractivity contribution in [2.75, 3.05) is 4.72 Å². The minimum Gasteiger partial charge on any atom is -0.506 e. The minimum absolute atomic E-state index is 0.0170. The van der Waals surface area contributed by atoms with E-state index in [0.29, 0.717) is 4.47 Å². The first-order chi connectivity index (χ1) is 9.31. The molecule has 2 rings (SSSR count). The van der Waals surface area contributed by atoms with Crippen LogP contribution in [0.2, 0.25) is 0 Å². The highest BCUT2D eigenvalue weighted by Crippen LogP contribution is 2.33. The smallest absolute Gasteiger partial charge is 0.272 e. The summed E-state index contributed by atoms with van der Waals surface area (Å²) < 4.78 is 26.7. The number of anilines is 1. The Balaban J connectivity index is 2.42. The lowest BCUT2D eigenvalue weighted by Crippen LogP contribution is -2.12. The first-order valence-electron chi connectivity index (χ1n) is 5.04. The zero-order valence-corrected chi connectivity index (χ0v) is 12.8. The van der Waals surface area contributed by atoms with Gasteiger partial charge in [-0.15, -0.1) is 11.3 Å². The van der Waals surface area contributed by atoms with Crippen LogP contribution < -0.4 is 4.72 Å². The maximum Gasteiger partial charge on any atom is 0.272 e. The topological polar surface area (TPSA) is 110 Å². The number of nitrogens with zero attached hydrogens (tertiary/aromatic N) is 1. The SMILES string of the molecule is O=[N+]([O-])c1ccc(O)c(NS(=O)(=O)c2sccc2Br)c1. The molecule has 1 aromatic heterocycles. The Bertz CT molecular complexity index is 772. The van der Waals surface area contributed by atoms with Crippen LogP contribution in [0.25, 0.3) is 0 Å². The van der Waals surface area contributed by atoms with Crippen LogP contribution in [0, 0.1) is 10.1 Å². The third-order valence-corrected chi connectivity index (χ3v) is 6.30. The van der Waals surface area contributed by atoms with Gasteiger partial charge in [0.2, 0.25) is 0 Å². The second-order valence-electron chi connectivity index (χ2n) is 3.62. The number of hydrogen-bond acceptors (Lipinski definition) is 6. The first-order valence-corrected chi connectivity index (χ1v) is 8.20. The molecule has 2 aromatic rings. The van der Waals surface area contributed by atoms with Crippen molar-refractivity contribution >= 4 is 48.7 Å². The van der Waals surface area contributed by atoms with Crippen LogP contribution in [-0.2, 0) is 10.0 Å². The van der Waals surface area contributed by atoms with Crippen LogP contribution in [-0.4, -0.2) is 18.4 Å². The van der Waals surface area contributed by atoms with Crippen molar-refractivity contribution in [3.63, 3.8) is 0 Å². The molecule has 0 fully saturated rings. The quantitative estimate of drug-likeness (QED) is 0.482. The van der Waals surface area contributed by atoms with Crippen molar-refractivity contribution in [3.8, 4) is 5.75 Å². The maximum absolute atomic E-state index is 12.1. The van der Waals surface area contributed by atoms with Crippen molar-refractivity contribution in [2.24, 2.45) is 0 Å². The van der Waals surface area contributed by atoms with Crippen LogP contribution in [0.3, 0.4) is 0 Å².